The molecular formula is C5H5FN2O. The number of anilines is 1. The maximum Gasteiger partial charge on any atom is 0.216 e. The normalized spacial score (nSPS) is 9.44. The van der Waals surface area contributed by atoms with Crippen molar-refractivity contribution in [3.63, 3.8) is 0 Å². The lowest BCUT2D eigenvalue weighted by atomic mass is 10.4. The number of hydrogen-bond donors (Lipinski definition) is 1. The average Bonchev–Trinajstić information content (AvgIpc) is 1.59. The van der Waals surface area contributed by atoms with Crippen molar-refractivity contribution in [2.24, 2.45) is 0 Å². The van der Waals surface area contributed by atoms with E-state index in [0.29, 0.717) is 4.73 Å². The van der Waals surface area contributed by atoms with Gasteiger partial charge in [-0.1, -0.05) is 0 Å². The first-order chi connectivity index (χ1) is 4.18. The molecule has 0 saturated heterocycles. The second-order valence-electron chi connectivity index (χ2n) is 1.65. The van der Waals surface area contributed by atoms with Gasteiger partial charge >= 0.3 is 0 Å². The van der Waals surface area contributed by atoms with Gasteiger partial charge in [0.25, 0.3) is 0 Å². The summed E-state index contributed by atoms with van der Waals surface area (Å²) in [5, 5.41) is 10.3. The van der Waals surface area contributed by atoms with Gasteiger partial charge in [0.1, 0.15) is 5.69 Å². The van der Waals surface area contributed by atoms with Gasteiger partial charge in [0, 0.05) is 6.07 Å². The molecule has 0 aliphatic carbocycles. The van der Waals surface area contributed by atoms with Gasteiger partial charge in [-0.2, -0.15) is 4.73 Å². The number of nitrogen functional groups attached to an aromatic ring is 1. The number of halogens is 1. The van der Waals surface area contributed by atoms with Crippen LogP contribution in [-0.2, 0) is 0 Å². The molecule has 0 spiro atoms. The highest BCUT2D eigenvalue weighted by Gasteiger charge is 1.96. The standard InChI is InChI=1S/C5H5FN2O/c6-4-1-5(7)3-8(9)2-4/h1-3H,7H2. The van der Waals surface area contributed by atoms with Crippen LogP contribution in [0.15, 0.2) is 18.5 Å². The number of pyridine rings is 1. The van der Waals surface area contributed by atoms with Crippen molar-refractivity contribution in [1.82, 2.24) is 0 Å². The van der Waals surface area contributed by atoms with E-state index < -0.39 is 5.82 Å². The van der Waals surface area contributed by atoms with E-state index >= 15 is 0 Å². The molecule has 0 aliphatic rings. The molecule has 1 rings (SSSR count). The van der Waals surface area contributed by atoms with Gasteiger partial charge in [-0.15, -0.1) is 0 Å². The highest BCUT2D eigenvalue weighted by Crippen LogP contribution is 1.98. The summed E-state index contributed by atoms with van der Waals surface area (Å²) >= 11 is 0. The van der Waals surface area contributed by atoms with E-state index in [0.717, 1.165) is 18.5 Å². The van der Waals surface area contributed by atoms with Crippen LogP contribution in [0.25, 0.3) is 0 Å². The maximum atomic E-state index is 12.1. The Labute approximate surface area is 51.1 Å². The number of hydrogen-bond acceptors (Lipinski definition) is 2. The minimum atomic E-state index is -0.620. The summed E-state index contributed by atoms with van der Waals surface area (Å²) in [6.07, 6.45) is 1.89. The van der Waals surface area contributed by atoms with Crippen molar-refractivity contribution >= 4 is 5.69 Å². The zero-order chi connectivity index (χ0) is 6.85. The lowest BCUT2D eigenvalue weighted by Crippen LogP contribution is -2.25. The molecule has 3 nitrogen and oxygen atoms in total. The summed E-state index contributed by atoms with van der Waals surface area (Å²) in [4.78, 5) is 0. The second kappa shape index (κ2) is 1.89. The van der Waals surface area contributed by atoms with Crippen molar-refractivity contribution in [3.05, 3.63) is 29.5 Å². The molecule has 0 amide bonds. The first-order valence-electron chi connectivity index (χ1n) is 2.33. The molecule has 1 aromatic rings. The monoisotopic (exact) mass is 128 g/mol. The average molecular weight is 128 g/mol. The van der Waals surface area contributed by atoms with Crippen LogP contribution in [0.2, 0.25) is 0 Å². The smallest absolute Gasteiger partial charge is 0.216 e. The van der Waals surface area contributed by atoms with Gasteiger partial charge in [-0.05, 0) is 0 Å². The molecule has 0 radical (unpaired) electrons. The summed E-state index contributed by atoms with van der Waals surface area (Å²) in [7, 11) is 0. The van der Waals surface area contributed by atoms with Gasteiger partial charge in [-0.25, -0.2) is 4.39 Å². The van der Waals surface area contributed by atoms with Gasteiger partial charge in [0.05, 0.1) is 0 Å². The SMILES string of the molecule is Nc1cc(F)c[n+]([O-])c1. The predicted molar refractivity (Wildman–Crippen MR) is 29.8 cm³/mol. The fraction of sp³-hybridized carbons (Fsp3) is 0. The van der Waals surface area contributed by atoms with E-state index in [2.05, 4.69) is 0 Å². The summed E-state index contributed by atoms with van der Waals surface area (Å²) in [5.41, 5.74) is 5.23. The molecule has 1 heterocycles. The van der Waals surface area contributed by atoms with Gasteiger partial charge in [-0.3, -0.25) is 0 Å². The molecule has 0 fully saturated rings. The van der Waals surface area contributed by atoms with Crippen LogP contribution in [0.4, 0.5) is 10.1 Å². The molecular weight excluding hydrogens is 123 g/mol. The lowest BCUT2D eigenvalue weighted by molar-refractivity contribution is -0.606. The van der Waals surface area contributed by atoms with E-state index in [1.165, 1.54) is 0 Å². The van der Waals surface area contributed by atoms with E-state index in [4.69, 9.17) is 5.73 Å². The number of aromatic nitrogens is 1. The Hall–Kier alpha value is -1.32. The molecule has 0 atom stereocenters. The third-order valence-corrected chi connectivity index (χ3v) is 0.831. The van der Waals surface area contributed by atoms with Crippen LogP contribution < -0.4 is 10.5 Å². The van der Waals surface area contributed by atoms with Crippen LogP contribution in [0.3, 0.4) is 0 Å². The molecule has 9 heavy (non-hydrogen) atoms. The van der Waals surface area contributed by atoms with Gasteiger partial charge in [0.15, 0.2) is 5.82 Å². The minimum Gasteiger partial charge on any atom is -0.619 e. The molecule has 0 bridgehead atoms. The van der Waals surface area contributed by atoms with E-state index in [9.17, 15) is 9.60 Å². The molecule has 0 aliphatic heterocycles. The van der Waals surface area contributed by atoms with Gasteiger partial charge in [0.2, 0.25) is 12.4 Å². The Bertz CT molecular complexity index is 176. The summed E-state index contributed by atoms with van der Waals surface area (Å²) in [5.74, 6) is -0.620. The summed E-state index contributed by atoms with van der Waals surface area (Å²) in [6, 6.07) is 1.08. The zero-order valence-electron chi connectivity index (χ0n) is 4.54. The topological polar surface area (TPSA) is 53.0 Å². The van der Waals surface area contributed by atoms with Crippen molar-refractivity contribution in [2.75, 3.05) is 5.73 Å². The zero-order valence-corrected chi connectivity index (χ0v) is 4.54. The van der Waals surface area contributed by atoms with Crippen molar-refractivity contribution in [1.29, 1.82) is 0 Å². The van der Waals surface area contributed by atoms with Gasteiger partial charge < -0.3 is 10.9 Å². The van der Waals surface area contributed by atoms with Crippen LogP contribution in [0.1, 0.15) is 0 Å². The largest absolute Gasteiger partial charge is 0.619 e. The maximum absolute atomic E-state index is 12.1. The van der Waals surface area contributed by atoms with Crippen LogP contribution in [0.5, 0.6) is 0 Å². The van der Waals surface area contributed by atoms with Crippen molar-refractivity contribution in [3.8, 4) is 0 Å². The van der Waals surface area contributed by atoms with E-state index in [1.807, 2.05) is 0 Å². The highest BCUT2D eigenvalue weighted by molar-refractivity contribution is 5.31. The second-order valence-corrected chi connectivity index (χ2v) is 1.65. The Morgan fingerprint density at radius 1 is 1.56 bits per heavy atom. The fourth-order valence-electron chi connectivity index (χ4n) is 0.540. The molecule has 48 valence electrons. The molecule has 0 unspecified atom stereocenters. The van der Waals surface area contributed by atoms with Crippen molar-refractivity contribution in [2.45, 2.75) is 0 Å². The Balaban J connectivity index is 3.17. The molecule has 0 saturated carbocycles. The number of rotatable bonds is 0. The van der Waals surface area contributed by atoms with E-state index in [1.54, 1.807) is 0 Å². The Morgan fingerprint density at radius 3 is 2.67 bits per heavy atom. The summed E-state index contributed by atoms with van der Waals surface area (Å²) < 4.78 is 12.5. The quantitative estimate of drug-likeness (QED) is 0.396. The lowest BCUT2D eigenvalue weighted by Gasteiger charge is -1.94. The Kier molecular flexibility index (Phi) is 1.22. The van der Waals surface area contributed by atoms with Crippen molar-refractivity contribution < 1.29 is 9.12 Å². The van der Waals surface area contributed by atoms with Crippen LogP contribution >= 0.6 is 0 Å². The van der Waals surface area contributed by atoms with Crippen LogP contribution in [-0.4, -0.2) is 0 Å². The molecule has 4 heteroatoms. The van der Waals surface area contributed by atoms with Crippen LogP contribution in [0, 0.1) is 11.0 Å². The first-order valence-corrected chi connectivity index (χ1v) is 2.33. The summed E-state index contributed by atoms with van der Waals surface area (Å²) in [6.45, 7) is 0. The third-order valence-electron chi connectivity index (χ3n) is 0.831. The molecule has 2 N–H and O–H groups in total. The number of nitrogens with two attached hydrogens (primary N) is 1. The minimum absolute atomic E-state index is 0.130. The Morgan fingerprint density at radius 2 is 2.22 bits per heavy atom. The number of nitrogens with zero attached hydrogens (tertiary/aromatic N) is 1. The first kappa shape index (κ1) is 5.81. The third kappa shape index (κ3) is 1.28. The molecule has 1 aromatic heterocycles. The fourth-order valence-corrected chi connectivity index (χ4v) is 0.540. The molecule has 0 aromatic carbocycles. The highest BCUT2D eigenvalue weighted by atomic mass is 19.1. The predicted octanol–water partition coefficient (Wildman–Crippen LogP) is 0.0413. The van der Waals surface area contributed by atoms with E-state index in [-0.39, 0.29) is 5.69 Å².